The minimum Gasteiger partial charge on any atom is -0.381 e. The molecule has 106 valence electrons. The van der Waals surface area contributed by atoms with Crippen molar-refractivity contribution in [2.45, 2.75) is 71.3 Å². The molecule has 1 N–H and O–H groups in total. The van der Waals surface area contributed by atoms with E-state index in [0.717, 1.165) is 32.4 Å². The first-order chi connectivity index (χ1) is 8.85. The summed E-state index contributed by atoms with van der Waals surface area (Å²) in [7, 11) is 0. The zero-order chi connectivity index (χ0) is 13.5. The van der Waals surface area contributed by atoms with Crippen LogP contribution in [0.4, 0.5) is 0 Å². The van der Waals surface area contributed by atoms with Crippen molar-refractivity contribution < 1.29 is 4.74 Å². The zero-order valence-electron chi connectivity index (χ0n) is 12.2. The van der Waals surface area contributed by atoms with Crippen LogP contribution in [0.5, 0.6) is 0 Å². The van der Waals surface area contributed by atoms with Crippen molar-refractivity contribution in [1.29, 1.82) is 5.26 Å². The lowest BCUT2D eigenvalue weighted by Gasteiger charge is -2.10. The van der Waals surface area contributed by atoms with Gasteiger partial charge >= 0.3 is 0 Å². The fourth-order valence-electron chi connectivity index (χ4n) is 1.82. The van der Waals surface area contributed by atoms with Gasteiger partial charge in [-0.05, 0) is 25.8 Å². The highest BCUT2D eigenvalue weighted by Crippen LogP contribution is 2.05. The van der Waals surface area contributed by atoms with E-state index in [1.165, 1.54) is 32.1 Å². The lowest BCUT2D eigenvalue weighted by atomic mass is 10.1. The molecule has 0 bridgehead atoms. The van der Waals surface area contributed by atoms with E-state index in [4.69, 9.17) is 10.00 Å². The van der Waals surface area contributed by atoms with E-state index in [1.54, 1.807) is 0 Å². The molecule has 0 saturated heterocycles. The van der Waals surface area contributed by atoms with Gasteiger partial charge in [-0.15, -0.1) is 0 Å². The second-order valence-electron chi connectivity index (χ2n) is 4.80. The number of unbranched alkanes of at least 4 members (excludes halogenated alkanes) is 5. The molecule has 3 nitrogen and oxygen atoms in total. The fourth-order valence-corrected chi connectivity index (χ4v) is 1.82. The monoisotopic (exact) mass is 254 g/mol. The van der Waals surface area contributed by atoms with Gasteiger partial charge in [-0.25, -0.2) is 0 Å². The molecule has 0 radical (unpaired) electrons. The molecule has 0 aliphatic heterocycles. The van der Waals surface area contributed by atoms with Crippen molar-refractivity contribution in [3.63, 3.8) is 0 Å². The smallest absolute Gasteiger partial charge is 0.0975 e. The number of ether oxygens (including phenoxy) is 1. The van der Waals surface area contributed by atoms with Gasteiger partial charge in [0.1, 0.15) is 0 Å². The standard InChI is InChI=1S/C15H30N2O/c1-3-5-6-7-8-9-12-18-13-10-15(14-16)17-11-4-2/h15,17H,3-13H2,1-2H3. The molecule has 0 heterocycles. The van der Waals surface area contributed by atoms with Crippen molar-refractivity contribution in [1.82, 2.24) is 5.32 Å². The summed E-state index contributed by atoms with van der Waals surface area (Å²) >= 11 is 0. The van der Waals surface area contributed by atoms with Crippen LogP contribution in [0.2, 0.25) is 0 Å². The Labute approximate surface area is 113 Å². The molecule has 0 spiro atoms. The van der Waals surface area contributed by atoms with Gasteiger partial charge in [0, 0.05) is 13.2 Å². The number of nitrogens with one attached hydrogen (secondary N) is 1. The third-order valence-corrected chi connectivity index (χ3v) is 2.99. The van der Waals surface area contributed by atoms with Gasteiger partial charge in [0.05, 0.1) is 12.1 Å². The predicted octanol–water partition coefficient (Wildman–Crippen LogP) is 3.65. The van der Waals surface area contributed by atoms with Gasteiger partial charge in [-0.2, -0.15) is 5.26 Å². The van der Waals surface area contributed by atoms with E-state index in [1.807, 2.05) is 0 Å². The van der Waals surface area contributed by atoms with Crippen LogP contribution in [-0.4, -0.2) is 25.8 Å². The van der Waals surface area contributed by atoms with Crippen LogP contribution >= 0.6 is 0 Å². The largest absolute Gasteiger partial charge is 0.381 e. The molecule has 0 aromatic carbocycles. The van der Waals surface area contributed by atoms with E-state index >= 15 is 0 Å². The summed E-state index contributed by atoms with van der Waals surface area (Å²) in [6, 6.07) is 2.22. The number of rotatable bonds is 13. The molecule has 0 saturated carbocycles. The summed E-state index contributed by atoms with van der Waals surface area (Å²) in [6.45, 7) is 6.80. The van der Waals surface area contributed by atoms with E-state index in [0.29, 0.717) is 6.61 Å². The number of nitriles is 1. The Hall–Kier alpha value is -0.590. The molecule has 1 atom stereocenters. The molecule has 0 aliphatic carbocycles. The summed E-state index contributed by atoms with van der Waals surface area (Å²) in [6.07, 6.45) is 9.64. The van der Waals surface area contributed by atoms with Crippen LogP contribution in [-0.2, 0) is 4.74 Å². The van der Waals surface area contributed by atoms with Gasteiger partial charge in [-0.1, -0.05) is 46.0 Å². The maximum absolute atomic E-state index is 8.91. The molecule has 0 aliphatic rings. The van der Waals surface area contributed by atoms with E-state index in [2.05, 4.69) is 25.2 Å². The van der Waals surface area contributed by atoms with Gasteiger partial charge in [0.15, 0.2) is 0 Å². The Morgan fingerprint density at radius 2 is 1.72 bits per heavy atom. The van der Waals surface area contributed by atoms with E-state index in [9.17, 15) is 0 Å². The normalized spacial score (nSPS) is 12.3. The van der Waals surface area contributed by atoms with Crippen molar-refractivity contribution in [2.75, 3.05) is 19.8 Å². The number of hydrogen-bond donors (Lipinski definition) is 1. The van der Waals surface area contributed by atoms with Gasteiger partial charge in [0.25, 0.3) is 0 Å². The highest BCUT2D eigenvalue weighted by molar-refractivity contribution is 4.89. The summed E-state index contributed by atoms with van der Waals surface area (Å²) in [4.78, 5) is 0. The number of nitrogens with zero attached hydrogens (tertiary/aromatic N) is 1. The molecular formula is C15H30N2O. The third-order valence-electron chi connectivity index (χ3n) is 2.99. The van der Waals surface area contributed by atoms with Gasteiger partial charge < -0.3 is 10.1 Å². The summed E-state index contributed by atoms with van der Waals surface area (Å²) in [5.41, 5.74) is 0. The maximum Gasteiger partial charge on any atom is 0.0975 e. The van der Waals surface area contributed by atoms with Crippen LogP contribution in [0.1, 0.15) is 65.2 Å². The summed E-state index contributed by atoms with van der Waals surface area (Å²) in [5.74, 6) is 0. The molecular weight excluding hydrogens is 224 g/mol. The lowest BCUT2D eigenvalue weighted by molar-refractivity contribution is 0.123. The Balaban J connectivity index is 3.21. The minimum absolute atomic E-state index is 0.0468. The minimum atomic E-state index is -0.0468. The van der Waals surface area contributed by atoms with E-state index < -0.39 is 0 Å². The van der Waals surface area contributed by atoms with Crippen LogP contribution in [0.3, 0.4) is 0 Å². The Kier molecular flexibility index (Phi) is 14.0. The second-order valence-corrected chi connectivity index (χ2v) is 4.80. The quantitative estimate of drug-likeness (QED) is 0.510. The Morgan fingerprint density at radius 3 is 2.39 bits per heavy atom. The first kappa shape index (κ1) is 17.4. The van der Waals surface area contributed by atoms with Crippen LogP contribution in [0.25, 0.3) is 0 Å². The Bertz CT molecular complexity index is 201. The SMILES string of the molecule is CCCCCCCCOCCC(C#N)NCCC. The van der Waals surface area contributed by atoms with Crippen LogP contribution in [0.15, 0.2) is 0 Å². The van der Waals surface area contributed by atoms with Gasteiger partial charge in [0.2, 0.25) is 0 Å². The summed E-state index contributed by atoms with van der Waals surface area (Å²) < 4.78 is 5.56. The average Bonchev–Trinajstić information content (AvgIpc) is 2.40. The average molecular weight is 254 g/mol. The lowest BCUT2D eigenvalue weighted by Crippen LogP contribution is -2.29. The second kappa shape index (κ2) is 14.5. The summed E-state index contributed by atoms with van der Waals surface area (Å²) in [5, 5.41) is 12.1. The highest BCUT2D eigenvalue weighted by atomic mass is 16.5. The topological polar surface area (TPSA) is 45.0 Å². The molecule has 0 fully saturated rings. The molecule has 0 aromatic heterocycles. The van der Waals surface area contributed by atoms with E-state index in [-0.39, 0.29) is 6.04 Å². The predicted molar refractivity (Wildman–Crippen MR) is 76.5 cm³/mol. The zero-order valence-corrected chi connectivity index (χ0v) is 12.2. The maximum atomic E-state index is 8.91. The molecule has 3 heteroatoms. The van der Waals surface area contributed by atoms with Gasteiger partial charge in [-0.3, -0.25) is 0 Å². The molecule has 18 heavy (non-hydrogen) atoms. The third kappa shape index (κ3) is 11.9. The van der Waals surface area contributed by atoms with Crippen LogP contribution in [0, 0.1) is 11.3 Å². The van der Waals surface area contributed by atoms with Crippen LogP contribution < -0.4 is 5.32 Å². The fraction of sp³-hybridized carbons (Fsp3) is 0.933. The van der Waals surface area contributed by atoms with Crippen molar-refractivity contribution in [3.8, 4) is 6.07 Å². The molecule has 0 rings (SSSR count). The Morgan fingerprint density at radius 1 is 1.00 bits per heavy atom. The van der Waals surface area contributed by atoms with Crippen molar-refractivity contribution >= 4 is 0 Å². The molecule has 0 amide bonds. The van der Waals surface area contributed by atoms with Crippen molar-refractivity contribution in [2.24, 2.45) is 0 Å². The number of hydrogen-bond acceptors (Lipinski definition) is 3. The first-order valence-corrected chi connectivity index (χ1v) is 7.55. The molecule has 1 unspecified atom stereocenters. The highest BCUT2D eigenvalue weighted by Gasteiger charge is 2.04. The first-order valence-electron chi connectivity index (χ1n) is 7.55. The molecule has 0 aromatic rings. The van der Waals surface area contributed by atoms with Crippen molar-refractivity contribution in [3.05, 3.63) is 0 Å².